The van der Waals surface area contributed by atoms with Gasteiger partial charge in [0.1, 0.15) is 5.82 Å². The van der Waals surface area contributed by atoms with Gasteiger partial charge in [0.2, 0.25) is 0 Å². The molecule has 1 aromatic carbocycles. The standard InChI is InChI=1S/C13H21FN2/c1-13(2,3)15-9-10-16(4)12-8-6-5-7-11(12)14/h5-8,15H,9-10H2,1-4H3. The largest absolute Gasteiger partial charge is 0.371 e. The lowest BCUT2D eigenvalue weighted by Crippen LogP contribution is -2.40. The van der Waals surface area contributed by atoms with Crippen molar-refractivity contribution in [3.8, 4) is 0 Å². The van der Waals surface area contributed by atoms with E-state index in [1.807, 2.05) is 18.0 Å². The Morgan fingerprint density at radius 2 is 1.88 bits per heavy atom. The molecule has 0 fully saturated rings. The lowest BCUT2D eigenvalue weighted by atomic mass is 10.1. The van der Waals surface area contributed by atoms with E-state index in [4.69, 9.17) is 0 Å². The van der Waals surface area contributed by atoms with Crippen molar-refractivity contribution >= 4 is 5.69 Å². The summed E-state index contributed by atoms with van der Waals surface area (Å²) in [7, 11) is 1.91. The van der Waals surface area contributed by atoms with Crippen molar-refractivity contribution in [2.24, 2.45) is 0 Å². The van der Waals surface area contributed by atoms with Crippen molar-refractivity contribution < 1.29 is 4.39 Å². The minimum absolute atomic E-state index is 0.107. The highest BCUT2D eigenvalue weighted by Gasteiger charge is 2.10. The number of likely N-dealkylation sites (N-methyl/N-ethyl adjacent to an activating group) is 1. The summed E-state index contributed by atoms with van der Waals surface area (Å²) in [6.07, 6.45) is 0. The van der Waals surface area contributed by atoms with Gasteiger partial charge in [-0.3, -0.25) is 0 Å². The van der Waals surface area contributed by atoms with Crippen LogP contribution in [0.25, 0.3) is 0 Å². The fraction of sp³-hybridized carbons (Fsp3) is 0.538. The maximum absolute atomic E-state index is 13.4. The Morgan fingerprint density at radius 3 is 2.44 bits per heavy atom. The molecular weight excluding hydrogens is 203 g/mol. The summed E-state index contributed by atoms with van der Waals surface area (Å²) < 4.78 is 13.4. The summed E-state index contributed by atoms with van der Waals surface area (Å²) in [4.78, 5) is 1.92. The molecule has 0 heterocycles. The number of hydrogen-bond acceptors (Lipinski definition) is 2. The van der Waals surface area contributed by atoms with E-state index in [0.29, 0.717) is 5.69 Å². The van der Waals surface area contributed by atoms with Crippen LogP contribution in [0.3, 0.4) is 0 Å². The predicted octanol–water partition coefficient (Wildman–Crippen LogP) is 2.65. The van der Waals surface area contributed by atoms with Crippen LogP contribution in [0.4, 0.5) is 10.1 Å². The van der Waals surface area contributed by atoms with Crippen LogP contribution in [-0.2, 0) is 0 Å². The smallest absolute Gasteiger partial charge is 0.146 e. The molecule has 0 bridgehead atoms. The molecule has 0 aromatic heterocycles. The minimum atomic E-state index is -0.166. The van der Waals surface area contributed by atoms with Crippen molar-refractivity contribution in [3.63, 3.8) is 0 Å². The van der Waals surface area contributed by atoms with Gasteiger partial charge in [0.25, 0.3) is 0 Å². The zero-order valence-electron chi connectivity index (χ0n) is 10.5. The maximum atomic E-state index is 13.4. The van der Waals surface area contributed by atoms with E-state index >= 15 is 0 Å². The monoisotopic (exact) mass is 224 g/mol. The van der Waals surface area contributed by atoms with Crippen LogP contribution in [0, 0.1) is 5.82 Å². The van der Waals surface area contributed by atoms with E-state index in [0.717, 1.165) is 13.1 Å². The molecule has 1 aromatic rings. The molecule has 3 heteroatoms. The third-order valence-electron chi connectivity index (χ3n) is 2.37. The van der Waals surface area contributed by atoms with Gasteiger partial charge in [0.05, 0.1) is 5.69 Å². The number of rotatable bonds is 4. The lowest BCUT2D eigenvalue weighted by molar-refractivity contribution is 0.430. The summed E-state index contributed by atoms with van der Waals surface area (Å²) >= 11 is 0. The highest BCUT2D eigenvalue weighted by Crippen LogP contribution is 2.16. The number of nitrogens with zero attached hydrogens (tertiary/aromatic N) is 1. The van der Waals surface area contributed by atoms with E-state index < -0.39 is 0 Å². The first kappa shape index (κ1) is 13.0. The summed E-state index contributed by atoms with van der Waals surface area (Å²) in [6.45, 7) is 7.99. The van der Waals surface area contributed by atoms with E-state index in [1.54, 1.807) is 12.1 Å². The third kappa shape index (κ3) is 4.19. The number of nitrogens with one attached hydrogen (secondary N) is 1. The molecule has 1 rings (SSSR count). The van der Waals surface area contributed by atoms with Gasteiger partial charge < -0.3 is 10.2 Å². The highest BCUT2D eigenvalue weighted by atomic mass is 19.1. The van der Waals surface area contributed by atoms with Gasteiger partial charge in [-0.2, -0.15) is 0 Å². The number of hydrogen-bond donors (Lipinski definition) is 1. The topological polar surface area (TPSA) is 15.3 Å². The third-order valence-corrected chi connectivity index (χ3v) is 2.37. The molecule has 16 heavy (non-hydrogen) atoms. The van der Waals surface area contributed by atoms with E-state index in [9.17, 15) is 4.39 Å². The number of halogens is 1. The van der Waals surface area contributed by atoms with E-state index in [-0.39, 0.29) is 11.4 Å². The summed E-state index contributed by atoms with van der Waals surface area (Å²) in [5.41, 5.74) is 0.758. The van der Waals surface area contributed by atoms with Crippen LogP contribution < -0.4 is 10.2 Å². The molecule has 0 aliphatic rings. The van der Waals surface area contributed by atoms with Crippen LogP contribution >= 0.6 is 0 Å². The van der Waals surface area contributed by atoms with Gasteiger partial charge in [-0.05, 0) is 32.9 Å². The zero-order valence-corrected chi connectivity index (χ0v) is 10.5. The van der Waals surface area contributed by atoms with Crippen LogP contribution in [0.15, 0.2) is 24.3 Å². The Labute approximate surface area is 97.5 Å². The minimum Gasteiger partial charge on any atom is -0.371 e. The van der Waals surface area contributed by atoms with Gasteiger partial charge in [0.15, 0.2) is 0 Å². The molecule has 0 aliphatic carbocycles. The van der Waals surface area contributed by atoms with Gasteiger partial charge in [-0.15, -0.1) is 0 Å². The first-order valence-electron chi connectivity index (χ1n) is 5.61. The van der Waals surface area contributed by atoms with Crippen molar-refractivity contribution in [3.05, 3.63) is 30.1 Å². The zero-order chi connectivity index (χ0) is 12.2. The summed E-state index contributed by atoms with van der Waals surface area (Å²) in [6, 6.07) is 6.85. The van der Waals surface area contributed by atoms with E-state index in [2.05, 4.69) is 26.1 Å². The van der Waals surface area contributed by atoms with Crippen LogP contribution in [0.1, 0.15) is 20.8 Å². The maximum Gasteiger partial charge on any atom is 0.146 e. The average Bonchev–Trinajstić information content (AvgIpc) is 2.16. The molecule has 0 saturated heterocycles. The fourth-order valence-corrected chi connectivity index (χ4v) is 1.48. The first-order chi connectivity index (χ1) is 7.40. The molecule has 0 unspecified atom stereocenters. The molecule has 0 atom stereocenters. The second kappa shape index (κ2) is 5.30. The quantitative estimate of drug-likeness (QED) is 0.846. The Bertz CT molecular complexity index is 331. The van der Waals surface area contributed by atoms with Gasteiger partial charge in [-0.1, -0.05) is 12.1 Å². The highest BCUT2D eigenvalue weighted by molar-refractivity contribution is 5.46. The lowest BCUT2D eigenvalue weighted by Gasteiger charge is -2.25. The molecule has 0 aliphatic heterocycles. The van der Waals surface area contributed by atoms with Crippen LogP contribution in [-0.4, -0.2) is 25.7 Å². The van der Waals surface area contributed by atoms with Gasteiger partial charge >= 0.3 is 0 Å². The Hall–Kier alpha value is -1.09. The molecular formula is C13H21FN2. The van der Waals surface area contributed by atoms with E-state index in [1.165, 1.54) is 6.07 Å². The number of para-hydroxylation sites is 1. The molecule has 0 spiro atoms. The molecule has 0 amide bonds. The number of anilines is 1. The summed E-state index contributed by atoms with van der Waals surface area (Å²) in [5.74, 6) is -0.166. The normalized spacial score (nSPS) is 11.6. The Balaban J connectivity index is 2.47. The van der Waals surface area contributed by atoms with Crippen molar-refractivity contribution in [2.45, 2.75) is 26.3 Å². The predicted molar refractivity (Wildman–Crippen MR) is 67.4 cm³/mol. The summed E-state index contributed by atoms with van der Waals surface area (Å²) in [5, 5.41) is 3.38. The fourth-order valence-electron chi connectivity index (χ4n) is 1.48. The molecule has 2 nitrogen and oxygen atoms in total. The Kier molecular flexibility index (Phi) is 4.30. The number of benzene rings is 1. The van der Waals surface area contributed by atoms with Crippen molar-refractivity contribution in [1.29, 1.82) is 0 Å². The second-order valence-corrected chi connectivity index (χ2v) is 5.05. The van der Waals surface area contributed by atoms with Gasteiger partial charge in [0, 0.05) is 25.7 Å². The van der Waals surface area contributed by atoms with Crippen LogP contribution in [0.2, 0.25) is 0 Å². The molecule has 90 valence electrons. The molecule has 0 radical (unpaired) electrons. The first-order valence-corrected chi connectivity index (χ1v) is 5.61. The van der Waals surface area contributed by atoms with Crippen molar-refractivity contribution in [2.75, 3.05) is 25.0 Å². The molecule has 0 saturated carbocycles. The average molecular weight is 224 g/mol. The van der Waals surface area contributed by atoms with Gasteiger partial charge in [-0.25, -0.2) is 4.39 Å². The second-order valence-electron chi connectivity index (χ2n) is 5.05. The SMILES string of the molecule is CN(CCNC(C)(C)C)c1ccccc1F. The Morgan fingerprint density at radius 1 is 1.25 bits per heavy atom. The molecule has 1 N–H and O–H groups in total. The van der Waals surface area contributed by atoms with Crippen LogP contribution in [0.5, 0.6) is 0 Å². The van der Waals surface area contributed by atoms with Crippen molar-refractivity contribution in [1.82, 2.24) is 5.32 Å².